The van der Waals surface area contributed by atoms with Gasteiger partial charge in [-0.2, -0.15) is 0 Å². The first-order valence-corrected chi connectivity index (χ1v) is 10.8. The molecule has 33 heavy (non-hydrogen) atoms. The Morgan fingerprint density at radius 2 is 1.97 bits per heavy atom. The molecule has 3 heterocycles. The molecule has 1 fully saturated rings. The fourth-order valence-electron chi connectivity index (χ4n) is 3.71. The summed E-state index contributed by atoms with van der Waals surface area (Å²) in [6, 6.07) is 9.33. The van der Waals surface area contributed by atoms with Gasteiger partial charge in [-0.15, -0.1) is 0 Å². The number of rotatable bonds is 9. The summed E-state index contributed by atoms with van der Waals surface area (Å²) in [5.74, 6) is 1.36. The normalized spacial score (nSPS) is 15.3. The zero-order valence-electron chi connectivity index (χ0n) is 18.4. The highest BCUT2D eigenvalue weighted by molar-refractivity contribution is 5.97. The monoisotopic (exact) mass is 449 g/mol. The van der Waals surface area contributed by atoms with Crippen molar-refractivity contribution in [2.24, 2.45) is 0 Å². The van der Waals surface area contributed by atoms with E-state index in [4.69, 9.17) is 4.74 Å². The van der Waals surface area contributed by atoms with E-state index in [0.717, 1.165) is 30.7 Å². The lowest BCUT2D eigenvalue weighted by Crippen LogP contribution is -2.34. The molecule has 0 radical (unpaired) electrons. The molecular weight excluding hydrogens is 422 g/mol. The topological polar surface area (TPSA) is 125 Å². The number of anilines is 2. The molecule has 1 saturated heterocycles. The Kier molecular flexibility index (Phi) is 7.26. The quantitative estimate of drug-likeness (QED) is 0.448. The maximum Gasteiger partial charge on any atom is 0.272 e. The highest BCUT2D eigenvalue weighted by Crippen LogP contribution is 2.24. The lowest BCUT2D eigenvalue weighted by molar-refractivity contribution is 0.0945. The summed E-state index contributed by atoms with van der Waals surface area (Å²) in [4.78, 5) is 32.3. The average Bonchev–Trinajstić information content (AvgIpc) is 3.36. The van der Waals surface area contributed by atoms with Gasteiger partial charge in [0.05, 0.1) is 38.2 Å². The van der Waals surface area contributed by atoms with E-state index in [0.29, 0.717) is 24.0 Å². The van der Waals surface area contributed by atoms with Gasteiger partial charge in [-0.3, -0.25) is 4.79 Å². The molecule has 10 heteroatoms. The molecule has 1 aromatic carbocycles. The van der Waals surface area contributed by atoms with Crippen LogP contribution in [0.15, 0.2) is 48.9 Å². The Labute approximate surface area is 192 Å². The number of hydrogen-bond acceptors (Lipinski definition) is 9. The van der Waals surface area contributed by atoms with Crippen LogP contribution in [0.1, 0.15) is 34.7 Å². The van der Waals surface area contributed by atoms with Crippen molar-refractivity contribution < 1.29 is 14.6 Å². The van der Waals surface area contributed by atoms with Gasteiger partial charge in [-0.05, 0) is 36.6 Å². The van der Waals surface area contributed by atoms with Crippen molar-refractivity contribution in [3.63, 3.8) is 0 Å². The van der Waals surface area contributed by atoms with Crippen molar-refractivity contribution in [2.75, 3.05) is 30.5 Å². The van der Waals surface area contributed by atoms with E-state index in [1.54, 1.807) is 31.8 Å². The van der Waals surface area contributed by atoms with Crippen molar-refractivity contribution in [2.45, 2.75) is 32.0 Å². The second-order valence-corrected chi connectivity index (χ2v) is 7.65. The minimum absolute atomic E-state index is 0.0215. The first kappa shape index (κ1) is 22.4. The van der Waals surface area contributed by atoms with E-state index in [2.05, 4.69) is 30.6 Å². The summed E-state index contributed by atoms with van der Waals surface area (Å²) in [5.41, 5.74) is 1.76. The smallest absolute Gasteiger partial charge is 0.272 e. The third-order valence-electron chi connectivity index (χ3n) is 5.50. The third kappa shape index (κ3) is 5.53. The number of aliphatic hydroxyl groups is 1. The summed E-state index contributed by atoms with van der Waals surface area (Å²) >= 11 is 0. The minimum Gasteiger partial charge on any atom is -0.497 e. The van der Waals surface area contributed by atoms with Gasteiger partial charge >= 0.3 is 0 Å². The second kappa shape index (κ2) is 10.7. The van der Waals surface area contributed by atoms with Crippen LogP contribution < -0.4 is 20.3 Å². The number of amides is 1. The Morgan fingerprint density at radius 3 is 2.70 bits per heavy atom. The number of carbonyl (C=O) groups is 1. The van der Waals surface area contributed by atoms with Crippen molar-refractivity contribution in [1.82, 2.24) is 25.3 Å². The van der Waals surface area contributed by atoms with Gasteiger partial charge in [0.25, 0.3) is 5.91 Å². The molecule has 172 valence electrons. The third-order valence-corrected chi connectivity index (χ3v) is 5.50. The van der Waals surface area contributed by atoms with E-state index < -0.39 is 0 Å². The molecule has 3 N–H and O–H groups in total. The number of hydrogen-bond donors (Lipinski definition) is 3. The summed E-state index contributed by atoms with van der Waals surface area (Å²) in [6.45, 7) is 1.42. The van der Waals surface area contributed by atoms with Crippen molar-refractivity contribution in [1.29, 1.82) is 0 Å². The van der Waals surface area contributed by atoms with Crippen LogP contribution in [0.3, 0.4) is 0 Å². The van der Waals surface area contributed by atoms with E-state index in [-0.39, 0.29) is 30.8 Å². The predicted molar refractivity (Wildman–Crippen MR) is 123 cm³/mol. The van der Waals surface area contributed by atoms with Gasteiger partial charge in [-0.1, -0.05) is 12.1 Å². The van der Waals surface area contributed by atoms with Crippen LogP contribution >= 0.6 is 0 Å². The fourth-order valence-corrected chi connectivity index (χ4v) is 3.71. The maximum atomic E-state index is 13.1. The molecule has 0 unspecified atom stereocenters. The van der Waals surface area contributed by atoms with E-state index in [1.165, 1.54) is 0 Å². The summed E-state index contributed by atoms with van der Waals surface area (Å²) < 4.78 is 5.20. The van der Waals surface area contributed by atoms with Gasteiger partial charge in [0, 0.05) is 25.5 Å². The van der Waals surface area contributed by atoms with Crippen molar-refractivity contribution >= 4 is 17.5 Å². The molecule has 2 aromatic heterocycles. The molecule has 1 amide bonds. The Morgan fingerprint density at radius 1 is 1.18 bits per heavy atom. The van der Waals surface area contributed by atoms with Crippen LogP contribution in [-0.4, -0.2) is 57.3 Å². The first-order valence-electron chi connectivity index (χ1n) is 10.8. The number of methoxy groups -OCH3 is 1. The maximum absolute atomic E-state index is 13.1. The SMILES string of the molecule is COc1ccc(CNc2cnc(N3CCC[C@H]3CO)nc2C(=O)NCc2ncccn2)cc1. The molecule has 1 aliphatic rings. The molecule has 1 aliphatic heterocycles. The van der Waals surface area contributed by atoms with Crippen LogP contribution in [0.2, 0.25) is 0 Å². The highest BCUT2D eigenvalue weighted by Gasteiger charge is 2.27. The molecule has 4 rings (SSSR count). The lowest BCUT2D eigenvalue weighted by atomic mass is 10.2. The molecule has 10 nitrogen and oxygen atoms in total. The van der Waals surface area contributed by atoms with Gasteiger partial charge in [0.2, 0.25) is 5.95 Å². The standard InChI is InChI=1S/C23H27N7O3/c1-33-18-7-5-16(6-8-18)12-26-19-13-28-23(30-11-2-4-17(30)15-31)29-21(19)22(32)27-14-20-24-9-3-10-25-20/h3,5-10,13,17,26,31H,2,4,11-12,14-15H2,1H3,(H,27,32)/t17-/m0/s1. The number of carbonyl (C=O) groups excluding carboxylic acids is 1. The number of benzene rings is 1. The lowest BCUT2D eigenvalue weighted by Gasteiger charge is -2.23. The van der Waals surface area contributed by atoms with Crippen molar-refractivity contribution in [3.8, 4) is 5.75 Å². The largest absolute Gasteiger partial charge is 0.497 e. The Balaban J connectivity index is 1.54. The van der Waals surface area contributed by atoms with Gasteiger partial charge in [0.1, 0.15) is 11.6 Å². The van der Waals surface area contributed by atoms with Crippen LogP contribution in [0.4, 0.5) is 11.6 Å². The molecule has 0 saturated carbocycles. The summed E-state index contributed by atoms with van der Waals surface area (Å²) in [7, 11) is 1.62. The fraction of sp³-hybridized carbons (Fsp3) is 0.348. The Bertz CT molecular complexity index is 1060. The Hall–Kier alpha value is -3.79. The van der Waals surface area contributed by atoms with Crippen molar-refractivity contribution in [3.05, 3.63) is 66.0 Å². The number of ether oxygens (including phenoxy) is 1. The minimum atomic E-state index is -0.358. The van der Waals surface area contributed by atoms with Crippen LogP contribution in [0.5, 0.6) is 5.75 Å². The number of nitrogens with one attached hydrogen (secondary N) is 2. The summed E-state index contributed by atoms with van der Waals surface area (Å²) in [5, 5.41) is 15.8. The second-order valence-electron chi connectivity index (χ2n) is 7.65. The van der Waals surface area contributed by atoms with E-state index in [1.807, 2.05) is 29.2 Å². The average molecular weight is 450 g/mol. The highest BCUT2D eigenvalue weighted by atomic mass is 16.5. The summed E-state index contributed by atoms with van der Waals surface area (Å²) in [6.07, 6.45) is 6.68. The van der Waals surface area contributed by atoms with Crippen LogP contribution in [0.25, 0.3) is 0 Å². The van der Waals surface area contributed by atoms with Crippen LogP contribution in [0, 0.1) is 0 Å². The molecular formula is C23H27N7O3. The predicted octanol–water partition coefficient (Wildman–Crippen LogP) is 1.78. The molecule has 3 aromatic rings. The molecule has 1 atom stereocenters. The van der Waals surface area contributed by atoms with E-state index in [9.17, 15) is 9.90 Å². The van der Waals surface area contributed by atoms with E-state index >= 15 is 0 Å². The van der Waals surface area contributed by atoms with Gasteiger partial charge < -0.3 is 25.4 Å². The van der Waals surface area contributed by atoms with Crippen LogP contribution in [-0.2, 0) is 13.1 Å². The number of aromatic nitrogens is 4. The molecule has 0 bridgehead atoms. The number of nitrogens with zero attached hydrogens (tertiary/aromatic N) is 5. The van der Waals surface area contributed by atoms with Gasteiger partial charge in [0.15, 0.2) is 5.69 Å². The number of aliphatic hydroxyl groups excluding tert-OH is 1. The molecule has 0 aliphatic carbocycles. The first-order chi connectivity index (χ1) is 16.2. The molecule has 0 spiro atoms. The zero-order valence-corrected chi connectivity index (χ0v) is 18.4. The zero-order chi connectivity index (χ0) is 23.0. The van der Waals surface area contributed by atoms with Gasteiger partial charge in [-0.25, -0.2) is 19.9 Å².